The molecule has 1 fully saturated rings. The van der Waals surface area contributed by atoms with Crippen LogP contribution >= 0.6 is 11.3 Å². The molecule has 1 amide bonds. The Labute approximate surface area is 145 Å². The summed E-state index contributed by atoms with van der Waals surface area (Å²) in [5.74, 6) is -0.421. The van der Waals surface area contributed by atoms with Crippen LogP contribution in [0, 0.1) is 6.92 Å². The molecule has 1 saturated heterocycles. The molecule has 0 radical (unpaired) electrons. The van der Waals surface area contributed by atoms with E-state index in [-0.39, 0.29) is 11.8 Å². The second-order valence-corrected chi connectivity index (χ2v) is 7.33. The van der Waals surface area contributed by atoms with Gasteiger partial charge in [0.1, 0.15) is 5.69 Å². The number of rotatable bonds is 5. The predicted molar refractivity (Wildman–Crippen MR) is 95.4 cm³/mol. The first-order valence-corrected chi connectivity index (χ1v) is 9.00. The highest BCUT2D eigenvalue weighted by molar-refractivity contribution is 7.15. The Morgan fingerprint density at radius 1 is 1.38 bits per heavy atom. The van der Waals surface area contributed by atoms with E-state index in [4.69, 9.17) is 5.73 Å². The molecule has 6 heteroatoms. The van der Waals surface area contributed by atoms with Crippen molar-refractivity contribution in [2.75, 3.05) is 6.54 Å². The van der Waals surface area contributed by atoms with Gasteiger partial charge in [-0.1, -0.05) is 18.6 Å². The molecule has 24 heavy (non-hydrogen) atoms. The van der Waals surface area contributed by atoms with Gasteiger partial charge in [-0.2, -0.15) is 0 Å². The van der Waals surface area contributed by atoms with Crippen molar-refractivity contribution in [3.63, 3.8) is 0 Å². The van der Waals surface area contributed by atoms with Crippen LogP contribution in [0.15, 0.2) is 24.3 Å². The highest BCUT2D eigenvalue weighted by atomic mass is 32.1. The molecule has 1 aromatic heterocycles. The van der Waals surface area contributed by atoms with Crippen molar-refractivity contribution in [3.8, 4) is 10.4 Å². The fourth-order valence-electron chi connectivity index (χ4n) is 3.04. The van der Waals surface area contributed by atoms with Crippen molar-refractivity contribution in [2.45, 2.75) is 38.6 Å². The second kappa shape index (κ2) is 7.23. The summed E-state index contributed by atoms with van der Waals surface area (Å²) in [4.78, 5) is 29.4. The van der Waals surface area contributed by atoms with Crippen molar-refractivity contribution < 1.29 is 9.59 Å². The zero-order valence-electron chi connectivity index (χ0n) is 13.7. The van der Waals surface area contributed by atoms with Gasteiger partial charge in [0.2, 0.25) is 5.91 Å². The Morgan fingerprint density at radius 2 is 2.21 bits per heavy atom. The summed E-state index contributed by atoms with van der Waals surface area (Å²) in [6.45, 7) is 2.86. The summed E-state index contributed by atoms with van der Waals surface area (Å²) >= 11 is 1.47. The number of ketones is 1. The molecule has 5 nitrogen and oxygen atoms in total. The molecule has 1 aliphatic rings. The summed E-state index contributed by atoms with van der Waals surface area (Å²) in [6.07, 6.45) is 3.83. The molecule has 1 aliphatic heterocycles. The molecular weight excluding hydrogens is 322 g/mol. The highest BCUT2D eigenvalue weighted by Gasteiger charge is 2.23. The number of nitrogens with two attached hydrogens (primary N) is 1. The summed E-state index contributed by atoms with van der Waals surface area (Å²) < 4.78 is 0. The van der Waals surface area contributed by atoms with Crippen LogP contribution in [-0.2, 0) is 0 Å². The quantitative estimate of drug-likeness (QED) is 0.818. The highest BCUT2D eigenvalue weighted by Crippen LogP contribution is 2.32. The van der Waals surface area contributed by atoms with Gasteiger partial charge in [-0.05, 0) is 44.0 Å². The monoisotopic (exact) mass is 343 g/mol. The lowest BCUT2D eigenvalue weighted by molar-refractivity contribution is 0.0958. The smallest absolute Gasteiger partial charge is 0.248 e. The Hall–Kier alpha value is -2.05. The molecule has 1 aromatic carbocycles. The predicted octanol–water partition coefficient (Wildman–Crippen LogP) is 2.93. The summed E-state index contributed by atoms with van der Waals surface area (Å²) in [7, 11) is 0. The average molecular weight is 343 g/mol. The van der Waals surface area contributed by atoms with Crippen LogP contribution in [0.25, 0.3) is 10.4 Å². The van der Waals surface area contributed by atoms with Crippen molar-refractivity contribution in [1.82, 2.24) is 10.3 Å². The normalized spacial score (nSPS) is 17.6. The molecule has 2 heterocycles. The Kier molecular flexibility index (Phi) is 5.06. The molecule has 0 unspecified atom stereocenters. The number of primary amides is 1. The van der Waals surface area contributed by atoms with Gasteiger partial charge in [-0.3, -0.25) is 9.59 Å². The molecule has 0 bridgehead atoms. The first-order chi connectivity index (χ1) is 11.5. The molecule has 3 rings (SSSR count). The molecule has 0 aliphatic carbocycles. The number of amides is 1. The topological polar surface area (TPSA) is 85.1 Å². The van der Waals surface area contributed by atoms with E-state index in [0.717, 1.165) is 34.8 Å². The second-order valence-electron chi connectivity index (χ2n) is 6.13. The van der Waals surface area contributed by atoms with E-state index in [1.54, 1.807) is 18.2 Å². The lowest BCUT2D eigenvalue weighted by atomic mass is 9.97. The van der Waals surface area contributed by atoms with Crippen molar-refractivity contribution in [1.29, 1.82) is 0 Å². The van der Waals surface area contributed by atoms with E-state index >= 15 is 0 Å². The maximum Gasteiger partial charge on any atom is 0.248 e. The van der Waals surface area contributed by atoms with Crippen LogP contribution in [-0.4, -0.2) is 29.3 Å². The van der Waals surface area contributed by atoms with Crippen molar-refractivity contribution in [2.24, 2.45) is 5.73 Å². The van der Waals surface area contributed by atoms with E-state index in [0.29, 0.717) is 17.7 Å². The fourth-order valence-corrected chi connectivity index (χ4v) is 3.98. The number of aromatic nitrogens is 1. The number of thiazole rings is 1. The van der Waals surface area contributed by atoms with Crippen LogP contribution < -0.4 is 11.1 Å². The molecule has 126 valence electrons. The third-order valence-corrected chi connectivity index (χ3v) is 5.27. The number of nitrogens with zero attached hydrogens (tertiary/aromatic N) is 1. The van der Waals surface area contributed by atoms with Gasteiger partial charge in [0.05, 0.1) is 9.88 Å². The lowest BCUT2D eigenvalue weighted by Crippen LogP contribution is -2.35. The zero-order valence-corrected chi connectivity index (χ0v) is 14.5. The fraction of sp³-hybridized carbons (Fsp3) is 0.389. The van der Waals surface area contributed by atoms with Crippen LogP contribution in [0.5, 0.6) is 0 Å². The maximum absolute atomic E-state index is 12.8. The SMILES string of the molecule is Cc1nc(C(=O)C[C@H]2CCCCN2)c(-c2cccc(C(N)=O)c2)s1. The number of aryl methyl sites for hydroxylation is 1. The minimum absolute atomic E-state index is 0.0539. The van der Waals surface area contributed by atoms with Gasteiger partial charge >= 0.3 is 0 Å². The van der Waals surface area contributed by atoms with Crippen molar-refractivity contribution >= 4 is 23.0 Å². The van der Waals surface area contributed by atoms with E-state index < -0.39 is 5.91 Å². The number of hydrogen-bond acceptors (Lipinski definition) is 5. The third-order valence-electron chi connectivity index (χ3n) is 4.25. The van der Waals surface area contributed by atoms with Crippen LogP contribution in [0.4, 0.5) is 0 Å². The van der Waals surface area contributed by atoms with E-state index in [1.165, 1.54) is 17.8 Å². The number of hydrogen-bond donors (Lipinski definition) is 2. The van der Waals surface area contributed by atoms with Crippen LogP contribution in [0.1, 0.15) is 51.5 Å². The Bertz CT molecular complexity index is 763. The molecule has 1 atom stereocenters. The molecule has 0 spiro atoms. The first-order valence-electron chi connectivity index (χ1n) is 8.19. The van der Waals surface area contributed by atoms with Crippen molar-refractivity contribution in [3.05, 3.63) is 40.5 Å². The molecule has 3 N–H and O–H groups in total. The summed E-state index contributed by atoms with van der Waals surface area (Å²) in [6, 6.07) is 7.30. The Balaban J connectivity index is 1.88. The van der Waals surface area contributed by atoms with Crippen LogP contribution in [0.2, 0.25) is 0 Å². The van der Waals surface area contributed by atoms with Gasteiger partial charge in [-0.25, -0.2) is 4.98 Å². The third kappa shape index (κ3) is 3.71. The summed E-state index contributed by atoms with van der Waals surface area (Å²) in [5.41, 5.74) is 7.12. The number of Topliss-reactive ketones (excluding diaryl/α,β-unsaturated/α-hetero) is 1. The number of piperidine rings is 1. The van der Waals surface area contributed by atoms with Gasteiger partial charge in [-0.15, -0.1) is 11.3 Å². The average Bonchev–Trinajstić information content (AvgIpc) is 2.98. The van der Waals surface area contributed by atoms with E-state index in [2.05, 4.69) is 10.3 Å². The number of carbonyl (C=O) groups is 2. The lowest BCUT2D eigenvalue weighted by Gasteiger charge is -2.22. The first kappa shape index (κ1) is 16.8. The minimum Gasteiger partial charge on any atom is -0.366 e. The van der Waals surface area contributed by atoms with Gasteiger partial charge in [0, 0.05) is 18.0 Å². The molecule has 2 aromatic rings. The van der Waals surface area contributed by atoms with Gasteiger partial charge < -0.3 is 11.1 Å². The number of benzene rings is 1. The number of carbonyl (C=O) groups excluding carboxylic acids is 2. The Morgan fingerprint density at radius 3 is 2.92 bits per heavy atom. The minimum atomic E-state index is -0.475. The number of nitrogens with one attached hydrogen (secondary N) is 1. The zero-order chi connectivity index (χ0) is 17.1. The van der Waals surface area contributed by atoms with E-state index in [9.17, 15) is 9.59 Å². The maximum atomic E-state index is 12.8. The standard InChI is InChI=1S/C18H21N3O2S/c1-11-21-16(15(22)10-14-7-2-3-8-20-14)17(24-11)12-5-4-6-13(9-12)18(19)23/h4-6,9,14,20H,2-3,7-8,10H2,1H3,(H2,19,23)/t14-/m1/s1. The largest absolute Gasteiger partial charge is 0.366 e. The van der Waals surface area contributed by atoms with E-state index in [1.807, 2.05) is 13.0 Å². The summed E-state index contributed by atoms with van der Waals surface area (Å²) in [5, 5.41) is 4.25. The van der Waals surface area contributed by atoms with Gasteiger partial charge in [0.15, 0.2) is 5.78 Å². The molecule has 0 saturated carbocycles. The van der Waals surface area contributed by atoms with Crippen LogP contribution in [0.3, 0.4) is 0 Å². The van der Waals surface area contributed by atoms with Gasteiger partial charge in [0.25, 0.3) is 0 Å². The molecular formula is C18H21N3O2S.